The Bertz CT molecular complexity index is 440. The van der Waals surface area contributed by atoms with Crippen LogP contribution in [-0.4, -0.2) is 53.5 Å². The molecule has 0 atom stereocenters. The Morgan fingerprint density at radius 2 is 2.25 bits per heavy atom. The summed E-state index contributed by atoms with van der Waals surface area (Å²) >= 11 is 0. The predicted molar refractivity (Wildman–Crippen MR) is 57.2 cm³/mol. The van der Waals surface area contributed by atoms with Crippen LogP contribution in [0.2, 0.25) is 0 Å². The van der Waals surface area contributed by atoms with Gasteiger partial charge in [0, 0.05) is 19.7 Å². The number of H-pyrrole nitrogens is 1. The molecular weight excluding hydrogens is 232 g/mol. The molecule has 7 nitrogen and oxygen atoms in total. The van der Waals surface area contributed by atoms with Gasteiger partial charge in [0.25, 0.3) is 0 Å². The molecule has 0 radical (unpaired) electrons. The summed E-state index contributed by atoms with van der Waals surface area (Å²) in [6.07, 6.45) is 2.45. The zero-order chi connectivity index (χ0) is 12.2. The monoisotopic (exact) mass is 246 g/mol. The van der Waals surface area contributed by atoms with E-state index in [2.05, 4.69) is 15.2 Å². The fraction of sp³-hybridized carbons (Fsp3) is 0.625. The van der Waals surface area contributed by atoms with E-state index in [-0.39, 0.29) is 18.1 Å². The molecule has 0 saturated carbocycles. The third-order valence-electron chi connectivity index (χ3n) is 1.96. The highest BCUT2D eigenvalue weighted by atomic mass is 32.2. The second kappa shape index (κ2) is 5.06. The Labute approximate surface area is 93.8 Å². The Balaban J connectivity index is 2.42. The number of aromatic amines is 1. The number of sulfone groups is 1. The molecule has 90 valence electrons. The summed E-state index contributed by atoms with van der Waals surface area (Å²) in [5.41, 5.74) is 0. The lowest BCUT2D eigenvalue weighted by Crippen LogP contribution is -2.28. The summed E-state index contributed by atoms with van der Waals surface area (Å²) in [5.74, 6) is 0.198. The maximum Gasteiger partial charge on any atom is 0.223 e. The minimum atomic E-state index is -3.10. The molecule has 1 amide bonds. The van der Waals surface area contributed by atoms with E-state index in [4.69, 9.17) is 0 Å². The number of hydrogen-bond acceptors (Lipinski definition) is 5. The molecule has 16 heavy (non-hydrogen) atoms. The van der Waals surface area contributed by atoms with Crippen molar-refractivity contribution in [2.45, 2.75) is 13.0 Å². The Morgan fingerprint density at radius 3 is 2.75 bits per heavy atom. The van der Waals surface area contributed by atoms with Gasteiger partial charge in [-0.1, -0.05) is 0 Å². The molecule has 0 bridgehead atoms. The normalized spacial score (nSPS) is 11.4. The molecule has 0 saturated heterocycles. The van der Waals surface area contributed by atoms with Crippen LogP contribution in [0, 0.1) is 0 Å². The summed E-state index contributed by atoms with van der Waals surface area (Å²) in [4.78, 5) is 16.8. The molecular formula is C8H14N4O3S. The summed E-state index contributed by atoms with van der Waals surface area (Å²) in [7, 11) is -1.51. The largest absolute Gasteiger partial charge is 0.338 e. The number of amides is 1. The number of carbonyl (C=O) groups is 1. The molecule has 1 aromatic heterocycles. The van der Waals surface area contributed by atoms with Crippen LogP contribution in [0.3, 0.4) is 0 Å². The van der Waals surface area contributed by atoms with Crippen molar-refractivity contribution in [1.82, 2.24) is 20.1 Å². The van der Waals surface area contributed by atoms with Gasteiger partial charge >= 0.3 is 0 Å². The lowest BCUT2D eigenvalue weighted by atomic mass is 10.4. The predicted octanol–water partition coefficient (Wildman–Crippen LogP) is -0.802. The van der Waals surface area contributed by atoms with Crippen LogP contribution in [0.25, 0.3) is 0 Å². The van der Waals surface area contributed by atoms with E-state index >= 15 is 0 Å². The van der Waals surface area contributed by atoms with E-state index in [1.165, 1.54) is 11.2 Å². The van der Waals surface area contributed by atoms with Crippen molar-refractivity contribution >= 4 is 15.7 Å². The zero-order valence-corrected chi connectivity index (χ0v) is 9.99. The first-order valence-corrected chi connectivity index (χ1v) is 6.70. The van der Waals surface area contributed by atoms with Gasteiger partial charge in [0.05, 0.1) is 12.3 Å². The number of carbonyl (C=O) groups excluding carboxylic acids is 1. The quantitative estimate of drug-likeness (QED) is 0.733. The molecule has 0 fully saturated rings. The molecule has 1 N–H and O–H groups in total. The smallest absolute Gasteiger partial charge is 0.223 e. The van der Waals surface area contributed by atoms with Crippen LogP contribution in [-0.2, 0) is 21.2 Å². The molecule has 0 aromatic carbocycles. The number of hydrogen-bond donors (Lipinski definition) is 1. The average molecular weight is 246 g/mol. The van der Waals surface area contributed by atoms with E-state index in [1.807, 2.05) is 0 Å². The molecule has 0 spiro atoms. The minimum Gasteiger partial charge on any atom is -0.338 e. The molecule has 0 aliphatic heterocycles. The fourth-order valence-electron chi connectivity index (χ4n) is 1.08. The first kappa shape index (κ1) is 12.6. The zero-order valence-electron chi connectivity index (χ0n) is 9.17. The van der Waals surface area contributed by atoms with E-state index in [9.17, 15) is 13.2 Å². The molecule has 0 unspecified atom stereocenters. The van der Waals surface area contributed by atoms with Gasteiger partial charge in [-0.05, 0) is 0 Å². The van der Waals surface area contributed by atoms with Crippen molar-refractivity contribution in [2.24, 2.45) is 0 Å². The summed E-state index contributed by atoms with van der Waals surface area (Å²) in [6.45, 7) is 0.294. The second-order valence-electron chi connectivity index (χ2n) is 3.56. The highest BCUT2D eigenvalue weighted by molar-refractivity contribution is 7.90. The SMILES string of the molecule is CN(Cc1ncn[nH]1)C(=O)CCS(C)(=O)=O. The summed E-state index contributed by atoms with van der Waals surface area (Å²) in [5, 5.41) is 6.27. The van der Waals surface area contributed by atoms with Gasteiger partial charge in [0.15, 0.2) is 0 Å². The van der Waals surface area contributed by atoms with Crippen molar-refractivity contribution < 1.29 is 13.2 Å². The van der Waals surface area contributed by atoms with Crippen molar-refractivity contribution in [3.8, 4) is 0 Å². The first-order valence-electron chi connectivity index (χ1n) is 4.64. The van der Waals surface area contributed by atoms with Crippen LogP contribution in [0.1, 0.15) is 12.2 Å². The summed E-state index contributed by atoms with van der Waals surface area (Å²) < 4.78 is 21.8. The standard InChI is InChI=1S/C8H14N4O3S/c1-12(5-7-9-6-10-11-7)8(13)3-4-16(2,14)15/h6H,3-5H2,1-2H3,(H,9,10,11). The van der Waals surface area contributed by atoms with E-state index in [0.29, 0.717) is 12.4 Å². The Morgan fingerprint density at radius 1 is 1.56 bits per heavy atom. The fourth-order valence-corrected chi connectivity index (χ4v) is 1.63. The van der Waals surface area contributed by atoms with E-state index in [0.717, 1.165) is 6.26 Å². The van der Waals surface area contributed by atoms with Crippen molar-refractivity contribution in [3.05, 3.63) is 12.2 Å². The Kier molecular flexibility index (Phi) is 3.99. The number of nitrogens with one attached hydrogen (secondary N) is 1. The minimum absolute atomic E-state index is 0.0104. The van der Waals surface area contributed by atoms with Crippen LogP contribution in [0.4, 0.5) is 0 Å². The number of aromatic nitrogens is 3. The van der Waals surface area contributed by atoms with Gasteiger partial charge in [-0.2, -0.15) is 5.10 Å². The molecule has 1 heterocycles. The highest BCUT2D eigenvalue weighted by Gasteiger charge is 2.13. The average Bonchev–Trinajstić information content (AvgIpc) is 2.65. The third-order valence-corrected chi connectivity index (χ3v) is 2.91. The molecule has 0 aliphatic carbocycles. The molecule has 1 aromatic rings. The molecule has 1 rings (SSSR count). The van der Waals surface area contributed by atoms with Crippen molar-refractivity contribution in [1.29, 1.82) is 0 Å². The van der Waals surface area contributed by atoms with Gasteiger partial charge in [-0.25, -0.2) is 13.4 Å². The topological polar surface area (TPSA) is 96.0 Å². The van der Waals surface area contributed by atoms with Gasteiger partial charge in [0.2, 0.25) is 5.91 Å². The van der Waals surface area contributed by atoms with E-state index in [1.54, 1.807) is 7.05 Å². The van der Waals surface area contributed by atoms with Gasteiger partial charge in [-0.15, -0.1) is 0 Å². The third kappa shape index (κ3) is 4.39. The summed E-state index contributed by atoms with van der Waals surface area (Å²) in [6, 6.07) is 0. The van der Waals surface area contributed by atoms with Crippen LogP contribution in [0.5, 0.6) is 0 Å². The maximum atomic E-state index is 11.5. The van der Waals surface area contributed by atoms with Crippen LogP contribution >= 0.6 is 0 Å². The highest BCUT2D eigenvalue weighted by Crippen LogP contribution is 1.99. The molecule has 0 aliphatic rings. The van der Waals surface area contributed by atoms with Gasteiger partial charge < -0.3 is 4.90 Å². The van der Waals surface area contributed by atoms with Crippen molar-refractivity contribution in [2.75, 3.05) is 19.1 Å². The maximum absolute atomic E-state index is 11.5. The van der Waals surface area contributed by atoms with E-state index < -0.39 is 9.84 Å². The van der Waals surface area contributed by atoms with Crippen LogP contribution < -0.4 is 0 Å². The second-order valence-corrected chi connectivity index (χ2v) is 5.82. The number of nitrogens with zero attached hydrogens (tertiary/aromatic N) is 3. The van der Waals surface area contributed by atoms with Crippen LogP contribution in [0.15, 0.2) is 6.33 Å². The van der Waals surface area contributed by atoms with Gasteiger partial charge in [0.1, 0.15) is 22.0 Å². The lowest BCUT2D eigenvalue weighted by molar-refractivity contribution is -0.130. The number of rotatable bonds is 5. The first-order chi connectivity index (χ1) is 7.38. The lowest BCUT2D eigenvalue weighted by Gasteiger charge is -2.14. The van der Waals surface area contributed by atoms with Crippen molar-refractivity contribution in [3.63, 3.8) is 0 Å². The molecule has 8 heteroatoms. The Hall–Kier alpha value is -1.44. The van der Waals surface area contributed by atoms with Gasteiger partial charge in [-0.3, -0.25) is 9.89 Å².